The minimum Gasteiger partial charge on any atom is -0.497 e. The van der Waals surface area contributed by atoms with Crippen LogP contribution in [0.15, 0.2) is 54.2 Å². The molecule has 0 bridgehead atoms. The molecule has 0 heterocycles. The standard InChI is InChI=1S/C25H29NO5/c1-30-22-8-4-7-20(15-22)17-31-21-12-9-19(10-13-21)16-23(25(28)29)26-24(27)14-11-18-5-2-3-6-18/h4,7-10,12-13,15-16,18H,2-3,5-6,11,14,17H2,1H3,(H,26,27)(H,28,29)/b23-16+. The van der Waals surface area contributed by atoms with Crippen molar-refractivity contribution in [1.29, 1.82) is 0 Å². The van der Waals surface area contributed by atoms with E-state index in [1.165, 1.54) is 31.8 Å². The summed E-state index contributed by atoms with van der Waals surface area (Å²) in [6.45, 7) is 0.393. The number of carboxylic acid groups (broad SMARTS) is 1. The fourth-order valence-electron chi connectivity index (χ4n) is 3.75. The molecule has 1 amide bonds. The molecule has 2 aromatic carbocycles. The number of nitrogens with one attached hydrogen (secondary N) is 1. The van der Waals surface area contributed by atoms with E-state index in [0.29, 0.717) is 30.3 Å². The minimum absolute atomic E-state index is 0.124. The van der Waals surface area contributed by atoms with Crippen molar-refractivity contribution in [2.45, 2.75) is 45.1 Å². The first-order valence-corrected chi connectivity index (χ1v) is 10.6. The average Bonchev–Trinajstić information content (AvgIpc) is 3.30. The van der Waals surface area contributed by atoms with Crippen molar-refractivity contribution in [1.82, 2.24) is 5.32 Å². The number of rotatable bonds is 10. The van der Waals surface area contributed by atoms with Crippen LogP contribution in [0.1, 0.15) is 49.7 Å². The summed E-state index contributed by atoms with van der Waals surface area (Å²) in [6.07, 6.45) is 7.42. The number of amides is 1. The van der Waals surface area contributed by atoms with Crippen LogP contribution in [-0.4, -0.2) is 24.1 Å². The van der Waals surface area contributed by atoms with Gasteiger partial charge in [-0.3, -0.25) is 4.79 Å². The van der Waals surface area contributed by atoms with Crippen molar-refractivity contribution >= 4 is 18.0 Å². The Labute approximate surface area is 182 Å². The van der Waals surface area contributed by atoms with Gasteiger partial charge < -0.3 is 19.9 Å². The molecule has 0 aliphatic heterocycles. The number of carbonyl (C=O) groups excluding carboxylic acids is 1. The van der Waals surface area contributed by atoms with Crippen LogP contribution in [0, 0.1) is 5.92 Å². The van der Waals surface area contributed by atoms with E-state index in [9.17, 15) is 14.7 Å². The van der Waals surface area contributed by atoms with Crippen LogP contribution in [0.2, 0.25) is 0 Å². The van der Waals surface area contributed by atoms with E-state index in [0.717, 1.165) is 17.7 Å². The second-order valence-corrected chi connectivity index (χ2v) is 7.81. The number of carbonyl (C=O) groups is 2. The average molecular weight is 424 g/mol. The number of hydrogen-bond donors (Lipinski definition) is 2. The summed E-state index contributed by atoms with van der Waals surface area (Å²) >= 11 is 0. The van der Waals surface area contributed by atoms with Crippen LogP contribution < -0.4 is 14.8 Å². The van der Waals surface area contributed by atoms with Gasteiger partial charge in [-0.15, -0.1) is 0 Å². The molecule has 1 aliphatic rings. The van der Waals surface area contributed by atoms with Crippen LogP contribution in [0.3, 0.4) is 0 Å². The Morgan fingerprint density at radius 1 is 1.10 bits per heavy atom. The third-order valence-corrected chi connectivity index (χ3v) is 5.49. The Morgan fingerprint density at radius 2 is 1.84 bits per heavy atom. The summed E-state index contributed by atoms with van der Waals surface area (Å²) in [5.74, 6) is 0.615. The predicted molar refractivity (Wildman–Crippen MR) is 119 cm³/mol. The van der Waals surface area contributed by atoms with Crippen molar-refractivity contribution in [2.75, 3.05) is 7.11 Å². The van der Waals surface area contributed by atoms with E-state index in [-0.39, 0.29) is 11.6 Å². The maximum absolute atomic E-state index is 12.2. The first kappa shape index (κ1) is 22.4. The SMILES string of the molecule is COc1cccc(COc2ccc(/C=C(/NC(=O)CCC3CCCC3)C(=O)O)cc2)c1. The van der Waals surface area contributed by atoms with Crippen LogP contribution in [0.25, 0.3) is 6.08 Å². The third-order valence-electron chi connectivity index (χ3n) is 5.49. The molecule has 1 saturated carbocycles. The highest BCUT2D eigenvalue weighted by atomic mass is 16.5. The highest BCUT2D eigenvalue weighted by molar-refractivity contribution is 5.96. The van der Waals surface area contributed by atoms with Gasteiger partial charge >= 0.3 is 5.97 Å². The largest absolute Gasteiger partial charge is 0.497 e. The Morgan fingerprint density at radius 3 is 2.52 bits per heavy atom. The van der Waals surface area contributed by atoms with Gasteiger partial charge in [-0.2, -0.15) is 0 Å². The molecular weight excluding hydrogens is 394 g/mol. The minimum atomic E-state index is -1.16. The van der Waals surface area contributed by atoms with E-state index in [1.54, 1.807) is 31.4 Å². The van der Waals surface area contributed by atoms with E-state index in [4.69, 9.17) is 9.47 Å². The molecule has 0 aromatic heterocycles. The lowest BCUT2D eigenvalue weighted by molar-refractivity contribution is -0.134. The first-order valence-electron chi connectivity index (χ1n) is 10.6. The van der Waals surface area contributed by atoms with Crippen LogP contribution in [0.4, 0.5) is 0 Å². The number of aliphatic carboxylic acids is 1. The molecule has 3 rings (SSSR count). The van der Waals surface area contributed by atoms with Crippen molar-refractivity contribution in [3.8, 4) is 11.5 Å². The second kappa shape index (κ2) is 11.2. The monoisotopic (exact) mass is 423 g/mol. The van der Waals surface area contributed by atoms with E-state index >= 15 is 0 Å². The Hall–Kier alpha value is -3.28. The first-order chi connectivity index (χ1) is 15.0. The fourth-order valence-corrected chi connectivity index (χ4v) is 3.75. The summed E-state index contributed by atoms with van der Waals surface area (Å²) in [5.41, 5.74) is 1.53. The zero-order valence-corrected chi connectivity index (χ0v) is 17.8. The predicted octanol–water partition coefficient (Wildman–Crippen LogP) is 4.79. The highest BCUT2D eigenvalue weighted by Crippen LogP contribution is 2.28. The quantitative estimate of drug-likeness (QED) is 0.537. The van der Waals surface area contributed by atoms with Crippen LogP contribution in [0.5, 0.6) is 11.5 Å². The number of benzene rings is 2. The smallest absolute Gasteiger partial charge is 0.352 e. The summed E-state index contributed by atoms with van der Waals surface area (Å²) < 4.78 is 11.0. The van der Waals surface area contributed by atoms with E-state index < -0.39 is 5.97 Å². The summed E-state index contributed by atoms with van der Waals surface area (Å²) in [4.78, 5) is 23.7. The summed E-state index contributed by atoms with van der Waals surface area (Å²) in [5, 5.41) is 12.0. The molecule has 2 aromatic rings. The molecule has 0 unspecified atom stereocenters. The lowest BCUT2D eigenvalue weighted by Gasteiger charge is -2.10. The van der Waals surface area contributed by atoms with Crippen molar-refractivity contribution in [3.05, 3.63) is 65.4 Å². The van der Waals surface area contributed by atoms with Gasteiger partial charge in [0.25, 0.3) is 0 Å². The molecule has 6 heteroatoms. The van der Waals surface area contributed by atoms with Gasteiger partial charge in [0.2, 0.25) is 5.91 Å². The Balaban J connectivity index is 1.55. The van der Waals surface area contributed by atoms with Crippen LogP contribution in [-0.2, 0) is 16.2 Å². The molecule has 0 saturated heterocycles. The maximum atomic E-state index is 12.2. The lowest BCUT2D eigenvalue weighted by atomic mass is 10.0. The molecule has 6 nitrogen and oxygen atoms in total. The number of ether oxygens (including phenoxy) is 2. The van der Waals surface area contributed by atoms with E-state index in [1.807, 2.05) is 24.3 Å². The molecule has 0 atom stereocenters. The summed E-state index contributed by atoms with van der Waals surface area (Å²) in [6, 6.07) is 14.7. The second-order valence-electron chi connectivity index (χ2n) is 7.81. The van der Waals surface area contributed by atoms with Gasteiger partial charge in [0.05, 0.1) is 7.11 Å². The molecule has 1 aliphatic carbocycles. The van der Waals surface area contributed by atoms with Gasteiger partial charge in [0, 0.05) is 6.42 Å². The topological polar surface area (TPSA) is 84.9 Å². The number of hydrogen-bond acceptors (Lipinski definition) is 4. The molecule has 2 N–H and O–H groups in total. The highest BCUT2D eigenvalue weighted by Gasteiger charge is 2.17. The normalized spacial score (nSPS) is 14.3. The van der Waals surface area contributed by atoms with Gasteiger partial charge in [-0.25, -0.2) is 4.79 Å². The Bertz CT molecular complexity index is 914. The molecule has 0 radical (unpaired) electrons. The van der Waals surface area contributed by atoms with Crippen molar-refractivity contribution in [3.63, 3.8) is 0 Å². The summed E-state index contributed by atoms with van der Waals surface area (Å²) in [7, 11) is 1.62. The zero-order chi connectivity index (χ0) is 22.1. The molecule has 31 heavy (non-hydrogen) atoms. The fraction of sp³-hybridized carbons (Fsp3) is 0.360. The molecule has 0 spiro atoms. The van der Waals surface area contributed by atoms with Gasteiger partial charge in [-0.1, -0.05) is 49.9 Å². The number of methoxy groups -OCH3 is 1. The molecule has 164 valence electrons. The van der Waals surface area contributed by atoms with Gasteiger partial charge in [-0.05, 0) is 53.8 Å². The van der Waals surface area contributed by atoms with Crippen molar-refractivity contribution in [2.24, 2.45) is 5.92 Å². The number of carboxylic acids is 1. The van der Waals surface area contributed by atoms with E-state index in [2.05, 4.69) is 5.32 Å². The molecular formula is C25H29NO5. The molecule has 1 fully saturated rings. The van der Waals surface area contributed by atoms with Gasteiger partial charge in [0.1, 0.15) is 23.8 Å². The lowest BCUT2D eigenvalue weighted by Crippen LogP contribution is -2.27. The van der Waals surface area contributed by atoms with Crippen molar-refractivity contribution < 1.29 is 24.2 Å². The van der Waals surface area contributed by atoms with Crippen LogP contribution >= 0.6 is 0 Å². The van der Waals surface area contributed by atoms with Gasteiger partial charge in [0.15, 0.2) is 0 Å². The third kappa shape index (κ3) is 7.17. The maximum Gasteiger partial charge on any atom is 0.352 e. The zero-order valence-electron chi connectivity index (χ0n) is 17.8. The Kier molecular flexibility index (Phi) is 8.10.